The molecule has 5 N–H and O–H groups in total. The minimum absolute atomic E-state index is 0.288. The van der Waals surface area contributed by atoms with Gasteiger partial charge in [-0.15, -0.1) is 10.2 Å². The van der Waals surface area contributed by atoms with Crippen molar-refractivity contribution in [1.82, 2.24) is 20.2 Å². The van der Waals surface area contributed by atoms with Crippen molar-refractivity contribution in [3.63, 3.8) is 0 Å². The first kappa shape index (κ1) is 22.3. The fourth-order valence-corrected chi connectivity index (χ4v) is 4.18. The highest BCUT2D eigenvalue weighted by Gasteiger charge is 2.18. The van der Waals surface area contributed by atoms with Gasteiger partial charge < -0.3 is 20.8 Å². The first-order chi connectivity index (χ1) is 14.3. The zero-order valence-corrected chi connectivity index (χ0v) is 19.1. The van der Waals surface area contributed by atoms with Crippen molar-refractivity contribution < 1.29 is 4.74 Å². The van der Waals surface area contributed by atoms with Gasteiger partial charge in [0.25, 0.3) is 0 Å². The Balaban J connectivity index is 1.73. The van der Waals surface area contributed by atoms with Gasteiger partial charge in [0.2, 0.25) is 5.13 Å². The number of aryl methyl sites for hydroxylation is 1. The third-order valence-electron chi connectivity index (χ3n) is 5.24. The average Bonchev–Trinajstić information content (AvgIpc) is 3.19. The summed E-state index contributed by atoms with van der Waals surface area (Å²) >= 11 is 1.53. The maximum absolute atomic E-state index is 6.44. The molecule has 164 valence electrons. The third-order valence-corrected chi connectivity index (χ3v) is 6.42. The van der Waals surface area contributed by atoms with Crippen molar-refractivity contribution in [2.45, 2.75) is 64.9 Å². The molecule has 9 heteroatoms. The third kappa shape index (κ3) is 5.60. The number of ether oxygens (including phenoxy) is 1. The Hall–Kier alpha value is -2.39. The van der Waals surface area contributed by atoms with E-state index < -0.39 is 0 Å². The molecule has 0 radical (unpaired) electrons. The lowest BCUT2D eigenvalue weighted by atomic mass is 9.98. The van der Waals surface area contributed by atoms with Gasteiger partial charge in [-0.05, 0) is 44.7 Å². The summed E-state index contributed by atoms with van der Waals surface area (Å²) in [6, 6.07) is 3.85. The zero-order valence-electron chi connectivity index (χ0n) is 18.3. The van der Waals surface area contributed by atoms with E-state index >= 15 is 0 Å². The second-order valence-electron chi connectivity index (χ2n) is 8.08. The quantitative estimate of drug-likeness (QED) is 0.429. The highest BCUT2D eigenvalue weighted by atomic mass is 32.1. The molecule has 0 bridgehead atoms. The Morgan fingerprint density at radius 1 is 1.27 bits per heavy atom. The molecule has 1 aliphatic carbocycles. The summed E-state index contributed by atoms with van der Waals surface area (Å²) < 4.78 is 6.17. The molecule has 0 amide bonds. The smallest absolute Gasteiger partial charge is 0.206 e. The SMILES string of the molecule is Cc1nc(/C(N)=C(\CNc2nnc(C(C)C)s2)N(C)N)ccc1OC1CCCCC1. The normalized spacial score (nSPS) is 15.8. The van der Waals surface area contributed by atoms with Crippen molar-refractivity contribution in [2.24, 2.45) is 11.6 Å². The molecule has 2 aromatic heterocycles. The second kappa shape index (κ2) is 10.1. The summed E-state index contributed by atoms with van der Waals surface area (Å²) in [4.78, 5) is 4.68. The lowest BCUT2D eigenvalue weighted by molar-refractivity contribution is 0.153. The number of anilines is 1. The van der Waals surface area contributed by atoms with Gasteiger partial charge in [-0.3, -0.25) is 0 Å². The molecule has 0 aliphatic heterocycles. The molecule has 2 heterocycles. The van der Waals surface area contributed by atoms with Gasteiger partial charge in [0, 0.05) is 13.0 Å². The van der Waals surface area contributed by atoms with Crippen LogP contribution in [0, 0.1) is 6.92 Å². The number of hydrazine groups is 1. The molecule has 1 fully saturated rings. The summed E-state index contributed by atoms with van der Waals surface area (Å²) in [5.74, 6) is 7.23. The molecule has 0 aromatic carbocycles. The van der Waals surface area contributed by atoms with Crippen LogP contribution in [0.25, 0.3) is 5.70 Å². The molecule has 0 saturated heterocycles. The Morgan fingerprint density at radius 3 is 2.60 bits per heavy atom. The van der Waals surface area contributed by atoms with E-state index in [1.165, 1.54) is 35.6 Å². The van der Waals surface area contributed by atoms with E-state index in [0.717, 1.165) is 40.1 Å². The second-order valence-corrected chi connectivity index (χ2v) is 9.09. The van der Waals surface area contributed by atoms with Crippen LogP contribution < -0.4 is 21.6 Å². The van der Waals surface area contributed by atoms with Crippen LogP contribution in [0.3, 0.4) is 0 Å². The largest absolute Gasteiger partial charge is 0.489 e. The summed E-state index contributed by atoms with van der Waals surface area (Å²) in [6.07, 6.45) is 6.28. The van der Waals surface area contributed by atoms with Crippen molar-refractivity contribution in [3.8, 4) is 5.75 Å². The van der Waals surface area contributed by atoms with Crippen molar-refractivity contribution in [2.75, 3.05) is 18.9 Å². The number of aromatic nitrogens is 3. The number of rotatable bonds is 8. The van der Waals surface area contributed by atoms with Gasteiger partial charge in [0.1, 0.15) is 10.8 Å². The van der Waals surface area contributed by atoms with E-state index in [0.29, 0.717) is 23.9 Å². The van der Waals surface area contributed by atoms with Crippen LogP contribution >= 0.6 is 11.3 Å². The predicted molar refractivity (Wildman–Crippen MR) is 122 cm³/mol. The van der Waals surface area contributed by atoms with Crippen molar-refractivity contribution in [1.29, 1.82) is 0 Å². The average molecular weight is 432 g/mol. The van der Waals surface area contributed by atoms with E-state index in [1.807, 2.05) is 19.1 Å². The molecule has 8 nitrogen and oxygen atoms in total. The standard InChI is InChI=1S/C21H33N7OS/c1-13(2)20-26-27-21(30-20)24-12-17(28(4)23)19(22)16-10-11-18(14(3)25-16)29-15-8-6-5-7-9-15/h10-11,13,15H,5-9,12,22-23H2,1-4H3,(H,24,27)/b19-17-. The minimum atomic E-state index is 0.288. The van der Waals surface area contributed by atoms with Crippen molar-refractivity contribution in [3.05, 3.63) is 34.2 Å². The van der Waals surface area contributed by atoms with E-state index in [2.05, 4.69) is 34.3 Å². The van der Waals surface area contributed by atoms with E-state index in [4.69, 9.17) is 16.3 Å². The molecule has 30 heavy (non-hydrogen) atoms. The predicted octanol–water partition coefficient (Wildman–Crippen LogP) is 3.62. The maximum Gasteiger partial charge on any atom is 0.206 e. The molecule has 0 spiro atoms. The number of nitrogens with two attached hydrogens (primary N) is 2. The van der Waals surface area contributed by atoms with Crippen LogP contribution in [-0.2, 0) is 0 Å². The van der Waals surface area contributed by atoms with Gasteiger partial charge in [0.05, 0.1) is 35.4 Å². The summed E-state index contributed by atoms with van der Waals surface area (Å²) in [6.45, 7) is 6.56. The Bertz CT molecular complexity index is 872. The zero-order chi connectivity index (χ0) is 21.7. The lowest BCUT2D eigenvalue weighted by Crippen LogP contribution is -2.32. The van der Waals surface area contributed by atoms with Crippen LogP contribution in [0.2, 0.25) is 0 Å². The van der Waals surface area contributed by atoms with Gasteiger partial charge >= 0.3 is 0 Å². The fourth-order valence-electron chi connectivity index (χ4n) is 3.44. The summed E-state index contributed by atoms with van der Waals surface area (Å²) in [5.41, 5.74) is 9.20. The molecular weight excluding hydrogens is 398 g/mol. The van der Waals surface area contributed by atoms with E-state index in [1.54, 1.807) is 7.05 Å². The van der Waals surface area contributed by atoms with Crippen LogP contribution in [0.4, 0.5) is 5.13 Å². The Kier molecular flexibility index (Phi) is 7.49. The van der Waals surface area contributed by atoms with Crippen molar-refractivity contribution >= 4 is 22.2 Å². The molecule has 0 unspecified atom stereocenters. The van der Waals surface area contributed by atoms with E-state index in [-0.39, 0.29) is 6.10 Å². The number of nitrogens with zero attached hydrogens (tertiary/aromatic N) is 4. The molecular formula is C21H33N7OS. The molecule has 1 saturated carbocycles. The van der Waals surface area contributed by atoms with E-state index in [9.17, 15) is 0 Å². The highest BCUT2D eigenvalue weighted by molar-refractivity contribution is 7.15. The number of hydrogen-bond acceptors (Lipinski definition) is 9. The van der Waals surface area contributed by atoms with Crippen LogP contribution in [-0.4, -0.2) is 39.9 Å². The number of likely N-dealkylation sites (N-methyl/N-ethyl adjacent to an activating group) is 1. The fraction of sp³-hybridized carbons (Fsp3) is 0.571. The lowest BCUT2D eigenvalue weighted by Gasteiger charge is -2.24. The molecule has 2 aromatic rings. The first-order valence-electron chi connectivity index (χ1n) is 10.5. The van der Waals surface area contributed by atoms with Gasteiger partial charge in [-0.1, -0.05) is 31.6 Å². The molecule has 1 aliphatic rings. The van der Waals surface area contributed by atoms with Gasteiger partial charge in [-0.25, -0.2) is 10.8 Å². The van der Waals surface area contributed by atoms with Crippen LogP contribution in [0.15, 0.2) is 17.8 Å². The Labute approximate surface area is 182 Å². The number of hydrogen-bond donors (Lipinski definition) is 3. The highest BCUT2D eigenvalue weighted by Crippen LogP contribution is 2.27. The van der Waals surface area contributed by atoms with Crippen LogP contribution in [0.1, 0.15) is 68.3 Å². The first-order valence-corrected chi connectivity index (χ1v) is 11.4. The minimum Gasteiger partial charge on any atom is -0.489 e. The molecule has 3 rings (SSSR count). The monoisotopic (exact) mass is 431 g/mol. The maximum atomic E-state index is 6.44. The number of nitrogens with one attached hydrogen (secondary N) is 1. The molecule has 0 atom stereocenters. The number of pyridine rings is 1. The van der Waals surface area contributed by atoms with Gasteiger partial charge in [0.15, 0.2) is 0 Å². The van der Waals surface area contributed by atoms with Crippen LogP contribution in [0.5, 0.6) is 5.75 Å². The summed E-state index contributed by atoms with van der Waals surface area (Å²) in [7, 11) is 1.76. The van der Waals surface area contributed by atoms with Gasteiger partial charge in [-0.2, -0.15) is 0 Å². The summed E-state index contributed by atoms with van der Waals surface area (Å²) in [5, 5.41) is 14.9. The Morgan fingerprint density at radius 2 is 2.00 bits per heavy atom. The topological polar surface area (TPSA) is 115 Å².